The Morgan fingerprint density at radius 1 is 1.19 bits per heavy atom. The third-order valence-corrected chi connectivity index (χ3v) is 4.62. The van der Waals surface area contributed by atoms with E-state index < -0.39 is 12.1 Å². The van der Waals surface area contributed by atoms with Crippen molar-refractivity contribution in [2.75, 3.05) is 5.01 Å². The van der Waals surface area contributed by atoms with Crippen molar-refractivity contribution in [1.82, 2.24) is 5.32 Å². The lowest BCUT2D eigenvalue weighted by atomic mass is 10.1. The molecule has 0 radical (unpaired) electrons. The molecular weight excluding hydrogens is 334 g/mol. The normalized spacial score (nSPS) is 19.0. The highest BCUT2D eigenvalue weighted by Crippen LogP contribution is 2.20. The second-order valence-electron chi connectivity index (χ2n) is 6.63. The van der Waals surface area contributed by atoms with Crippen LogP contribution < -0.4 is 10.3 Å². The predicted molar refractivity (Wildman–Crippen MR) is 96.5 cm³/mol. The molecule has 7 nitrogen and oxygen atoms in total. The zero-order valence-electron chi connectivity index (χ0n) is 14.8. The summed E-state index contributed by atoms with van der Waals surface area (Å²) < 4.78 is 5.26. The maximum Gasteiger partial charge on any atom is 0.355 e. The van der Waals surface area contributed by atoms with Crippen LogP contribution in [0.15, 0.2) is 35.4 Å². The Kier molecular flexibility index (Phi) is 5.65. The van der Waals surface area contributed by atoms with Gasteiger partial charge in [0.15, 0.2) is 6.10 Å². The molecule has 1 heterocycles. The number of nitrogens with zero attached hydrogens (tertiary/aromatic N) is 2. The molecule has 1 aliphatic heterocycles. The van der Waals surface area contributed by atoms with E-state index in [9.17, 15) is 14.4 Å². The second-order valence-corrected chi connectivity index (χ2v) is 6.63. The van der Waals surface area contributed by atoms with Gasteiger partial charge < -0.3 is 10.1 Å². The van der Waals surface area contributed by atoms with E-state index in [1.165, 1.54) is 5.01 Å². The molecule has 1 atom stereocenters. The molecule has 7 heteroatoms. The van der Waals surface area contributed by atoms with Crippen molar-refractivity contribution in [2.45, 2.75) is 57.6 Å². The quantitative estimate of drug-likeness (QED) is 0.818. The minimum Gasteiger partial charge on any atom is -0.448 e. The number of ether oxygens (including phenoxy) is 1. The highest BCUT2D eigenvalue weighted by atomic mass is 16.5. The van der Waals surface area contributed by atoms with E-state index in [2.05, 4.69) is 10.4 Å². The van der Waals surface area contributed by atoms with Crippen molar-refractivity contribution in [3.63, 3.8) is 0 Å². The van der Waals surface area contributed by atoms with Gasteiger partial charge in [-0.15, -0.1) is 0 Å². The van der Waals surface area contributed by atoms with Gasteiger partial charge in [0, 0.05) is 18.9 Å². The van der Waals surface area contributed by atoms with E-state index >= 15 is 0 Å². The Hall–Kier alpha value is -2.70. The maximum absolute atomic E-state index is 12.4. The Bertz CT molecular complexity index is 711. The van der Waals surface area contributed by atoms with Crippen molar-refractivity contribution < 1.29 is 19.1 Å². The maximum atomic E-state index is 12.4. The van der Waals surface area contributed by atoms with Gasteiger partial charge in [-0.05, 0) is 31.9 Å². The van der Waals surface area contributed by atoms with E-state index in [4.69, 9.17) is 4.74 Å². The average Bonchev–Trinajstić information content (AvgIpc) is 3.15. The zero-order valence-corrected chi connectivity index (χ0v) is 14.8. The van der Waals surface area contributed by atoms with Gasteiger partial charge in [0.1, 0.15) is 5.71 Å². The molecule has 0 spiro atoms. The fourth-order valence-corrected chi connectivity index (χ4v) is 3.14. The molecule has 1 N–H and O–H groups in total. The van der Waals surface area contributed by atoms with Crippen molar-refractivity contribution in [2.24, 2.45) is 5.10 Å². The van der Waals surface area contributed by atoms with E-state index in [-0.39, 0.29) is 36.4 Å². The summed E-state index contributed by atoms with van der Waals surface area (Å²) >= 11 is 0. The molecule has 0 saturated heterocycles. The van der Waals surface area contributed by atoms with Crippen molar-refractivity contribution in [3.8, 4) is 0 Å². The van der Waals surface area contributed by atoms with Gasteiger partial charge in [-0.1, -0.05) is 31.0 Å². The van der Waals surface area contributed by atoms with Gasteiger partial charge in [-0.25, -0.2) is 9.80 Å². The number of para-hydroxylation sites is 1. The van der Waals surface area contributed by atoms with Gasteiger partial charge in [0.25, 0.3) is 5.91 Å². The van der Waals surface area contributed by atoms with E-state index in [0.717, 1.165) is 25.7 Å². The zero-order chi connectivity index (χ0) is 18.5. The minimum absolute atomic E-state index is 0.147. The second kappa shape index (κ2) is 8.12. The first-order chi connectivity index (χ1) is 12.5. The number of hydrazone groups is 1. The topological polar surface area (TPSA) is 88.1 Å². The van der Waals surface area contributed by atoms with E-state index in [1.54, 1.807) is 31.2 Å². The lowest BCUT2D eigenvalue weighted by Crippen LogP contribution is -2.42. The van der Waals surface area contributed by atoms with Crippen LogP contribution in [-0.4, -0.2) is 35.6 Å². The number of carbonyl (C=O) groups is 3. The summed E-state index contributed by atoms with van der Waals surface area (Å²) in [7, 11) is 0. The molecule has 26 heavy (non-hydrogen) atoms. The van der Waals surface area contributed by atoms with Crippen molar-refractivity contribution >= 4 is 29.2 Å². The number of benzene rings is 1. The molecule has 3 rings (SSSR count). The molecule has 0 bridgehead atoms. The fraction of sp³-hybridized carbons (Fsp3) is 0.474. The summed E-state index contributed by atoms with van der Waals surface area (Å²) in [5.74, 6) is -1.13. The Morgan fingerprint density at radius 3 is 2.58 bits per heavy atom. The van der Waals surface area contributed by atoms with Gasteiger partial charge in [0.2, 0.25) is 5.91 Å². The first-order valence-electron chi connectivity index (χ1n) is 9.01. The molecule has 1 aromatic carbocycles. The Labute approximate surface area is 152 Å². The summed E-state index contributed by atoms with van der Waals surface area (Å²) in [6.45, 7) is 1.55. The van der Waals surface area contributed by atoms with Gasteiger partial charge in [-0.3, -0.25) is 9.59 Å². The predicted octanol–water partition coefficient (Wildman–Crippen LogP) is 2.16. The number of hydrogen-bond donors (Lipinski definition) is 1. The number of rotatable bonds is 5. The Balaban J connectivity index is 1.62. The van der Waals surface area contributed by atoms with Crippen LogP contribution >= 0.6 is 0 Å². The summed E-state index contributed by atoms with van der Waals surface area (Å²) in [6.07, 6.45) is 3.64. The van der Waals surface area contributed by atoms with Gasteiger partial charge in [-0.2, -0.15) is 5.10 Å². The van der Waals surface area contributed by atoms with Crippen molar-refractivity contribution in [1.29, 1.82) is 0 Å². The third-order valence-electron chi connectivity index (χ3n) is 4.62. The number of amides is 2. The summed E-state index contributed by atoms with van der Waals surface area (Å²) in [5, 5.41) is 8.26. The van der Waals surface area contributed by atoms with Crippen LogP contribution in [-0.2, 0) is 19.1 Å². The number of anilines is 1. The molecule has 0 aromatic heterocycles. The first-order valence-corrected chi connectivity index (χ1v) is 9.01. The van der Waals surface area contributed by atoms with Crippen LogP contribution in [0.2, 0.25) is 0 Å². The third kappa shape index (κ3) is 4.28. The molecule has 1 unspecified atom stereocenters. The number of hydrogen-bond acceptors (Lipinski definition) is 5. The lowest BCUT2D eigenvalue weighted by Gasteiger charge is -2.23. The van der Waals surface area contributed by atoms with Gasteiger partial charge in [0.05, 0.1) is 5.69 Å². The molecule has 2 aliphatic rings. The lowest BCUT2D eigenvalue weighted by molar-refractivity contribution is -0.149. The molecule has 1 saturated carbocycles. The summed E-state index contributed by atoms with van der Waals surface area (Å²) in [5.41, 5.74) is 0.739. The van der Waals surface area contributed by atoms with Crippen LogP contribution in [0, 0.1) is 0 Å². The average molecular weight is 357 g/mol. The summed E-state index contributed by atoms with van der Waals surface area (Å²) in [6, 6.07) is 9.07. The minimum atomic E-state index is -0.895. The molecule has 1 aliphatic carbocycles. The highest BCUT2D eigenvalue weighted by Gasteiger charge is 2.29. The molecular formula is C19H23N3O4. The molecule has 1 fully saturated rings. The van der Waals surface area contributed by atoms with Crippen molar-refractivity contribution in [3.05, 3.63) is 30.3 Å². The van der Waals surface area contributed by atoms with Crippen LogP contribution in [0.4, 0.5) is 5.69 Å². The summed E-state index contributed by atoms with van der Waals surface area (Å²) in [4.78, 5) is 36.6. The van der Waals surface area contributed by atoms with Crippen LogP contribution in [0.1, 0.15) is 45.4 Å². The van der Waals surface area contributed by atoms with Crippen LogP contribution in [0.25, 0.3) is 0 Å². The van der Waals surface area contributed by atoms with Crippen LogP contribution in [0.3, 0.4) is 0 Å². The SMILES string of the molecule is CC(OC(=O)C1=NN(c2ccccc2)C(=O)CC1)C(=O)NC1CCCC1. The number of carbonyl (C=O) groups excluding carboxylic acids is 3. The van der Waals surface area contributed by atoms with Crippen LogP contribution in [0.5, 0.6) is 0 Å². The standard InChI is InChI=1S/C19H23N3O4/c1-13(18(24)20-14-7-5-6-8-14)26-19(25)16-11-12-17(23)22(21-16)15-9-3-2-4-10-15/h2-4,9-10,13-14H,5-8,11-12H2,1H3,(H,20,24). The first kappa shape index (κ1) is 18.1. The largest absolute Gasteiger partial charge is 0.448 e. The number of nitrogens with one attached hydrogen (secondary N) is 1. The molecule has 2 amide bonds. The van der Waals surface area contributed by atoms with E-state index in [0.29, 0.717) is 5.69 Å². The fourth-order valence-electron chi connectivity index (χ4n) is 3.14. The van der Waals surface area contributed by atoms with Gasteiger partial charge >= 0.3 is 5.97 Å². The van der Waals surface area contributed by atoms with E-state index in [1.807, 2.05) is 6.07 Å². The highest BCUT2D eigenvalue weighted by molar-refractivity contribution is 6.38. The Morgan fingerprint density at radius 2 is 1.88 bits per heavy atom. The smallest absolute Gasteiger partial charge is 0.355 e. The monoisotopic (exact) mass is 357 g/mol. The molecule has 1 aromatic rings. The number of esters is 1. The molecule has 138 valence electrons.